The standard InChI is InChI=1S/C19H30N4O2/c1-4-20-19(21-10-9-18(24)23-11-5-6-12-23)22-14-16-8-7-15(2)13-17(16)25-3/h7-8,13H,4-6,9-12,14H2,1-3H3,(H2,20,21,22). The maximum Gasteiger partial charge on any atom is 0.224 e. The van der Waals surface area contributed by atoms with Gasteiger partial charge < -0.3 is 20.3 Å². The molecule has 0 unspecified atom stereocenters. The van der Waals surface area contributed by atoms with Crippen LogP contribution in [0.3, 0.4) is 0 Å². The second kappa shape index (κ2) is 9.91. The third-order valence-electron chi connectivity index (χ3n) is 4.28. The van der Waals surface area contributed by atoms with Crippen LogP contribution >= 0.6 is 0 Å². The second-order valence-electron chi connectivity index (χ2n) is 6.28. The second-order valence-corrected chi connectivity index (χ2v) is 6.28. The van der Waals surface area contributed by atoms with E-state index in [2.05, 4.69) is 21.7 Å². The van der Waals surface area contributed by atoms with E-state index in [0.717, 1.165) is 55.3 Å². The minimum absolute atomic E-state index is 0.223. The fourth-order valence-corrected chi connectivity index (χ4v) is 2.90. The summed E-state index contributed by atoms with van der Waals surface area (Å²) >= 11 is 0. The number of benzene rings is 1. The SMILES string of the molecule is CCNC(=NCc1ccc(C)cc1OC)NCCC(=O)N1CCCC1. The Morgan fingerprint density at radius 1 is 1.28 bits per heavy atom. The fraction of sp³-hybridized carbons (Fsp3) is 0.579. The van der Waals surface area contributed by atoms with E-state index >= 15 is 0 Å². The highest BCUT2D eigenvalue weighted by atomic mass is 16.5. The molecule has 1 heterocycles. The van der Waals surface area contributed by atoms with Crippen LogP contribution in [-0.4, -0.2) is 50.1 Å². The normalized spacial score (nSPS) is 14.5. The quantitative estimate of drug-likeness (QED) is 0.586. The van der Waals surface area contributed by atoms with E-state index in [-0.39, 0.29) is 5.91 Å². The molecule has 138 valence electrons. The molecule has 25 heavy (non-hydrogen) atoms. The Bertz CT molecular complexity index is 595. The van der Waals surface area contributed by atoms with Gasteiger partial charge in [-0.15, -0.1) is 0 Å². The molecule has 2 N–H and O–H groups in total. The van der Waals surface area contributed by atoms with Crippen LogP contribution in [0.15, 0.2) is 23.2 Å². The predicted molar refractivity (Wildman–Crippen MR) is 101 cm³/mol. The minimum Gasteiger partial charge on any atom is -0.496 e. The first-order valence-corrected chi connectivity index (χ1v) is 9.07. The van der Waals surface area contributed by atoms with Gasteiger partial charge in [0.15, 0.2) is 5.96 Å². The summed E-state index contributed by atoms with van der Waals surface area (Å²) in [4.78, 5) is 18.6. The van der Waals surface area contributed by atoms with Gasteiger partial charge in [-0.25, -0.2) is 4.99 Å². The molecule has 0 saturated carbocycles. The Hall–Kier alpha value is -2.24. The molecule has 1 aromatic carbocycles. The van der Waals surface area contributed by atoms with Crippen molar-refractivity contribution in [2.24, 2.45) is 4.99 Å². The molecule has 0 radical (unpaired) electrons. The number of aliphatic imine (C=N–C) groups is 1. The highest BCUT2D eigenvalue weighted by molar-refractivity contribution is 5.81. The van der Waals surface area contributed by atoms with Crippen molar-refractivity contribution in [1.82, 2.24) is 15.5 Å². The maximum absolute atomic E-state index is 12.1. The van der Waals surface area contributed by atoms with Crippen LogP contribution in [0, 0.1) is 6.92 Å². The number of carbonyl (C=O) groups is 1. The largest absolute Gasteiger partial charge is 0.496 e. The Morgan fingerprint density at radius 2 is 2.04 bits per heavy atom. The number of ether oxygens (including phenoxy) is 1. The maximum atomic E-state index is 12.1. The highest BCUT2D eigenvalue weighted by Crippen LogP contribution is 2.20. The first-order chi connectivity index (χ1) is 12.1. The third-order valence-corrected chi connectivity index (χ3v) is 4.28. The number of likely N-dealkylation sites (tertiary alicyclic amines) is 1. The van der Waals surface area contributed by atoms with Crippen molar-refractivity contribution in [2.75, 3.05) is 33.3 Å². The van der Waals surface area contributed by atoms with E-state index in [1.807, 2.05) is 30.9 Å². The minimum atomic E-state index is 0.223. The molecule has 1 saturated heterocycles. The van der Waals surface area contributed by atoms with Gasteiger partial charge in [0, 0.05) is 38.2 Å². The smallest absolute Gasteiger partial charge is 0.224 e. The molecule has 1 aliphatic rings. The van der Waals surface area contributed by atoms with Crippen molar-refractivity contribution in [3.63, 3.8) is 0 Å². The van der Waals surface area contributed by atoms with E-state index in [1.54, 1.807) is 7.11 Å². The van der Waals surface area contributed by atoms with Gasteiger partial charge in [-0.1, -0.05) is 12.1 Å². The van der Waals surface area contributed by atoms with Crippen LogP contribution in [0.5, 0.6) is 5.75 Å². The number of hydrogen-bond acceptors (Lipinski definition) is 3. The summed E-state index contributed by atoms with van der Waals surface area (Å²) in [5.41, 5.74) is 2.20. The summed E-state index contributed by atoms with van der Waals surface area (Å²) in [6.45, 7) is 7.76. The van der Waals surface area contributed by atoms with Gasteiger partial charge in [0.05, 0.1) is 13.7 Å². The van der Waals surface area contributed by atoms with Gasteiger partial charge in [0.2, 0.25) is 5.91 Å². The lowest BCUT2D eigenvalue weighted by Crippen LogP contribution is -2.39. The summed E-state index contributed by atoms with van der Waals surface area (Å²) in [5.74, 6) is 1.80. The average Bonchev–Trinajstić information content (AvgIpc) is 3.15. The molecular weight excluding hydrogens is 316 g/mol. The number of hydrogen-bond donors (Lipinski definition) is 2. The first-order valence-electron chi connectivity index (χ1n) is 9.07. The lowest BCUT2D eigenvalue weighted by atomic mass is 10.1. The molecule has 0 spiro atoms. The molecule has 0 atom stereocenters. The van der Waals surface area contributed by atoms with Crippen LogP contribution in [0.25, 0.3) is 0 Å². The molecule has 2 rings (SSSR count). The van der Waals surface area contributed by atoms with E-state index in [0.29, 0.717) is 19.5 Å². The number of nitrogens with zero attached hydrogens (tertiary/aromatic N) is 2. The highest BCUT2D eigenvalue weighted by Gasteiger charge is 2.17. The Kier molecular flexibility index (Phi) is 7.57. The summed E-state index contributed by atoms with van der Waals surface area (Å²) in [5, 5.41) is 6.46. The number of methoxy groups -OCH3 is 1. The first kappa shape index (κ1) is 19.1. The van der Waals surface area contributed by atoms with Crippen LogP contribution in [0.4, 0.5) is 0 Å². The summed E-state index contributed by atoms with van der Waals surface area (Å²) in [6, 6.07) is 6.11. The zero-order valence-corrected chi connectivity index (χ0v) is 15.6. The van der Waals surface area contributed by atoms with Gasteiger partial charge in [-0.3, -0.25) is 4.79 Å². The molecule has 1 fully saturated rings. The zero-order chi connectivity index (χ0) is 18.1. The van der Waals surface area contributed by atoms with Crippen molar-refractivity contribution in [1.29, 1.82) is 0 Å². The Morgan fingerprint density at radius 3 is 2.72 bits per heavy atom. The van der Waals surface area contributed by atoms with Crippen LogP contribution in [-0.2, 0) is 11.3 Å². The average molecular weight is 346 g/mol. The molecule has 0 aromatic heterocycles. The van der Waals surface area contributed by atoms with Gasteiger partial charge in [0.25, 0.3) is 0 Å². The van der Waals surface area contributed by atoms with E-state index in [4.69, 9.17) is 4.74 Å². The topological polar surface area (TPSA) is 66.0 Å². The zero-order valence-electron chi connectivity index (χ0n) is 15.6. The molecule has 1 amide bonds. The summed E-state index contributed by atoms with van der Waals surface area (Å²) in [7, 11) is 1.68. The number of rotatable bonds is 7. The van der Waals surface area contributed by atoms with Gasteiger partial charge in [-0.05, 0) is 38.3 Å². The fourth-order valence-electron chi connectivity index (χ4n) is 2.90. The van der Waals surface area contributed by atoms with Crippen molar-refractivity contribution < 1.29 is 9.53 Å². The van der Waals surface area contributed by atoms with Gasteiger partial charge in [0.1, 0.15) is 5.75 Å². The van der Waals surface area contributed by atoms with Gasteiger partial charge >= 0.3 is 0 Å². The molecular formula is C19H30N4O2. The molecule has 0 aliphatic carbocycles. The molecule has 1 aliphatic heterocycles. The van der Waals surface area contributed by atoms with Gasteiger partial charge in [-0.2, -0.15) is 0 Å². The van der Waals surface area contributed by atoms with Crippen LogP contribution in [0.1, 0.15) is 37.3 Å². The Labute approximate surface area is 150 Å². The number of aryl methyl sites for hydroxylation is 1. The van der Waals surface area contributed by atoms with E-state index < -0.39 is 0 Å². The van der Waals surface area contributed by atoms with Crippen LogP contribution < -0.4 is 15.4 Å². The molecule has 6 nitrogen and oxygen atoms in total. The van der Waals surface area contributed by atoms with E-state index in [9.17, 15) is 4.79 Å². The van der Waals surface area contributed by atoms with Crippen molar-refractivity contribution in [2.45, 2.75) is 39.7 Å². The van der Waals surface area contributed by atoms with Crippen LogP contribution in [0.2, 0.25) is 0 Å². The number of amides is 1. The summed E-state index contributed by atoms with van der Waals surface area (Å²) < 4.78 is 5.43. The van der Waals surface area contributed by atoms with Crippen molar-refractivity contribution in [3.05, 3.63) is 29.3 Å². The lowest BCUT2D eigenvalue weighted by Gasteiger charge is -2.16. The lowest BCUT2D eigenvalue weighted by molar-refractivity contribution is -0.129. The van der Waals surface area contributed by atoms with Crippen molar-refractivity contribution in [3.8, 4) is 5.75 Å². The number of guanidine groups is 1. The summed E-state index contributed by atoms with van der Waals surface area (Å²) in [6.07, 6.45) is 2.75. The molecule has 0 bridgehead atoms. The third kappa shape index (κ3) is 5.96. The number of carbonyl (C=O) groups excluding carboxylic acids is 1. The number of nitrogens with one attached hydrogen (secondary N) is 2. The predicted octanol–water partition coefficient (Wildman–Crippen LogP) is 2.07. The molecule has 1 aromatic rings. The Balaban J connectivity index is 1.88. The van der Waals surface area contributed by atoms with Crippen molar-refractivity contribution >= 4 is 11.9 Å². The monoisotopic (exact) mass is 346 g/mol. The molecule has 6 heteroatoms. The van der Waals surface area contributed by atoms with E-state index in [1.165, 1.54) is 0 Å².